The number of benzene rings is 1. The number of aryl methyl sites for hydroxylation is 1. The van der Waals surface area contributed by atoms with Crippen LogP contribution in [-0.4, -0.2) is 9.97 Å². The molecule has 1 aromatic carbocycles. The highest BCUT2D eigenvalue weighted by Gasteiger charge is 2.07. The van der Waals surface area contributed by atoms with Gasteiger partial charge in [0.05, 0.1) is 11.4 Å². The minimum absolute atomic E-state index is 0.561. The summed E-state index contributed by atoms with van der Waals surface area (Å²) in [5.41, 5.74) is 8.85. The normalized spacial score (nSPS) is 10.7. The summed E-state index contributed by atoms with van der Waals surface area (Å²) >= 11 is 0. The van der Waals surface area contributed by atoms with Crippen LogP contribution in [0.4, 0.5) is 5.82 Å². The first kappa shape index (κ1) is 10.7. The van der Waals surface area contributed by atoms with Gasteiger partial charge in [0.1, 0.15) is 5.82 Å². The van der Waals surface area contributed by atoms with E-state index in [9.17, 15) is 0 Å². The first-order chi connectivity index (χ1) is 8.75. The van der Waals surface area contributed by atoms with Gasteiger partial charge in [0.15, 0.2) is 0 Å². The molecular weight excluding hydrogens is 222 g/mol. The summed E-state index contributed by atoms with van der Waals surface area (Å²) < 4.78 is 0. The third kappa shape index (κ3) is 1.70. The molecule has 0 aliphatic heterocycles. The van der Waals surface area contributed by atoms with Crippen LogP contribution in [0.3, 0.4) is 0 Å². The SMILES string of the molecule is Cc1cccc2cc(-c3ccccn3)nc(N)c12. The minimum atomic E-state index is 0.561. The fourth-order valence-corrected chi connectivity index (χ4v) is 2.17. The molecule has 2 N–H and O–H groups in total. The van der Waals surface area contributed by atoms with Crippen LogP contribution in [0, 0.1) is 6.92 Å². The van der Waals surface area contributed by atoms with Crippen molar-refractivity contribution < 1.29 is 0 Å². The van der Waals surface area contributed by atoms with Crippen molar-refractivity contribution in [1.82, 2.24) is 9.97 Å². The van der Waals surface area contributed by atoms with Crippen molar-refractivity contribution in [3.63, 3.8) is 0 Å². The third-order valence-corrected chi connectivity index (χ3v) is 3.02. The van der Waals surface area contributed by atoms with Gasteiger partial charge in [-0.15, -0.1) is 0 Å². The Labute approximate surface area is 105 Å². The van der Waals surface area contributed by atoms with Crippen LogP contribution in [0.5, 0.6) is 0 Å². The maximum Gasteiger partial charge on any atom is 0.132 e. The van der Waals surface area contributed by atoms with Gasteiger partial charge in [-0.3, -0.25) is 4.98 Å². The predicted octanol–water partition coefficient (Wildman–Crippen LogP) is 3.19. The van der Waals surface area contributed by atoms with Gasteiger partial charge in [-0.25, -0.2) is 4.98 Å². The molecule has 0 saturated heterocycles. The van der Waals surface area contributed by atoms with E-state index in [-0.39, 0.29) is 0 Å². The molecule has 0 unspecified atom stereocenters. The van der Waals surface area contributed by atoms with E-state index in [1.165, 1.54) is 0 Å². The number of nitrogen functional groups attached to an aromatic ring is 1. The van der Waals surface area contributed by atoms with Gasteiger partial charge in [0, 0.05) is 11.6 Å². The molecule has 0 fully saturated rings. The number of nitrogens with two attached hydrogens (primary N) is 1. The van der Waals surface area contributed by atoms with Crippen LogP contribution in [-0.2, 0) is 0 Å². The average Bonchev–Trinajstić information content (AvgIpc) is 2.39. The van der Waals surface area contributed by atoms with Gasteiger partial charge in [0.2, 0.25) is 0 Å². The second-order valence-electron chi connectivity index (χ2n) is 4.28. The highest BCUT2D eigenvalue weighted by atomic mass is 14.9. The maximum absolute atomic E-state index is 6.06. The summed E-state index contributed by atoms with van der Waals surface area (Å²) in [7, 11) is 0. The summed E-state index contributed by atoms with van der Waals surface area (Å²) in [6.07, 6.45) is 1.76. The zero-order valence-electron chi connectivity index (χ0n) is 10.1. The lowest BCUT2D eigenvalue weighted by Crippen LogP contribution is -1.96. The Morgan fingerprint density at radius 2 is 1.89 bits per heavy atom. The number of fused-ring (bicyclic) bond motifs is 1. The van der Waals surface area contributed by atoms with Crippen LogP contribution < -0.4 is 5.73 Å². The smallest absolute Gasteiger partial charge is 0.132 e. The third-order valence-electron chi connectivity index (χ3n) is 3.02. The molecule has 0 spiro atoms. The molecule has 3 heteroatoms. The molecular formula is C15H13N3. The summed E-state index contributed by atoms with van der Waals surface area (Å²) in [4.78, 5) is 8.75. The lowest BCUT2D eigenvalue weighted by Gasteiger charge is -2.07. The first-order valence-corrected chi connectivity index (χ1v) is 5.83. The van der Waals surface area contributed by atoms with E-state index in [1.54, 1.807) is 6.20 Å². The molecule has 0 bridgehead atoms. The summed E-state index contributed by atoms with van der Waals surface area (Å²) in [6, 6.07) is 13.9. The highest BCUT2D eigenvalue weighted by Crippen LogP contribution is 2.27. The number of nitrogens with zero attached hydrogens (tertiary/aromatic N) is 2. The van der Waals surface area contributed by atoms with Crippen molar-refractivity contribution in [2.75, 3.05) is 5.73 Å². The van der Waals surface area contributed by atoms with Gasteiger partial charge in [-0.1, -0.05) is 24.3 Å². The van der Waals surface area contributed by atoms with Crippen LogP contribution in [0.15, 0.2) is 48.7 Å². The Balaban J connectivity index is 2.29. The zero-order valence-corrected chi connectivity index (χ0v) is 10.1. The van der Waals surface area contributed by atoms with Crippen molar-refractivity contribution in [3.05, 3.63) is 54.2 Å². The van der Waals surface area contributed by atoms with E-state index >= 15 is 0 Å². The van der Waals surface area contributed by atoms with Crippen LogP contribution in [0.2, 0.25) is 0 Å². The Kier molecular flexibility index (Phi) is 2.45. The highest BCUT2D eigenvalue weighted by molar-refractivity contribution is 5.95. The standard InChI is InChI=1S/C15H13N3/c1-10-5-4-6-11-9-13(18-15(16)14(10)11)12-7-2-3-8-17-12/h2-9H,1H3,(H2,16,18). The monoisotopic (exact) mass is 235 g/mol. The fourth-order valence-electron chi connectivity index (χ4n) is 2.17. The number of pyridine rings is 2. The minimum Gasteiger partial charge on any atom is -0.383 e. The van der Waals surface area contributed by atoms with E-state index in [0.29, 0.717) is 5.82 Å². The van der Waals surface area contributed by atoms with E-state index in [2.05, 4.69) is 9.97 Å². The lowest BCUT2D eigenvalue weighted by atomic mass is 10.1. The molecule has 3 aromatic rings. The molecule has 0 radical (unpaired) electrons. The molecule has 3 nitrogen and oxygen atoms in total. The molecule has 0 amide bonds. The first-order valence-electron chi connectivity index (χ1n) is 5.83. The van der Waals surface area contributed by atoms with Gasteiger partial charge >= 0.3 is 0 Å². The summed E-state index contributed by atoms with van der Waals surface area (Å²) in [5.74, 6) is 0.561. The van der Waals surface area contributed by atoms with Gasteiger partial charge in [-0.05, 0) is 36.1 Å². The summed E-state index contributed by atoms with van der Waals surface area (Å²) in [5, 5.41) is 2.13. The molecule has 2 heterocycles. The van der Waals surface area contributed by atoms with Crippen molar-refractivity contribution >= 4 is 16.6 Å². The number of aromatic nitrogens is 2. The second kappa shape index (κ2) is 4.11. The molecule has 2 aromatic heterocycles. The van der Waals surface area contributed by atoms with Crippen LogP contribution in [0.1, 0.15) is 5.56 Å². The topological polar surface area (TPSA) is 51.8 Å². The largest absolute Gasteiger partial charge is 0.383 e. The Bertz CT molecular complexity index is 706. The molecule has 18 heavy (non-hydrogen) atoms. The van der Waals surface area contributed by atoms with Gasteiger partial charge < -0.3 is 5.73 Å². The van der Waals surface area contributed by atoms with Gasteiger partial charge in [0.25, 0.3) is 0 Å². The Morgan fingerprint density at radius 3 is 2.67 bits per heavy atom. The predicted molar refractivity (Wildman–Crippen MR) is 74.1 cm³/mol. The average molecular weight is 235 g/mol. The van der Waals surface area contributed by atoms with Crippen LogP contribution >= 0.6 is 0 Å². The second-order valence-corrected chi connectivity index (χ2v) is 4.28. The Hall–Kier alpha value is -2.42. The van der Waals surface area contributed by atoms with Crippen molar-refractivity contribution in [2.24, 2.45) is 0 Å². The maximum atomic E-state index is 6.06. The molecule has 0 atom stereocenters. The molecule has 0 aliphatic carbocycles. The number of anilines is 1. The Morgan fingerprint density at radius 1 is 1.00 bits per heavy atom. The zero-order chi connectivity index (χ0) is 12.5. The van der Waals surface area contributed by atoms with Crippen molar-refractivity contribution in [1.29, 1.82) is 0 Å². The number of rotatable bonds is 1. The molecule has 88 valence electrons. The van der Waals surface area contributed by atoms with E-state index < -0.39 is 0 Å². The molecule has 3 rings (SSSR count). The van der Waals surface area contributed by atoms with Gasteiger partial charge in [-0.2, -0.15) is 0 Å². The number of hydrogen-bond donors (Lipinski definition) is 1. The van der Waals surface area contributed by atoms with Crippen LogP contribution in [0.25, 0.3) is 22.2 Å². The lowest BCUT2D eigenvalue weighted by molar-refractivity contribution is 1.26. The van der Waals surface area contributed by atoms with E-state index in [1.807, 2.05) is 49.4 Å². The van der Waals surface area contributed by atoms with E-state index in [0.717, 1.165) is 27.7 Å². The van der Waals surface area contributed by atoms with E-state index in [4.69, 9.17) is 5.73 Å². The number of hydrogen-bond acceptors (Lipinski definition) is 3. The summed E-state index contributed by atoms with van der Waals surface area (Å²) in [6.45, 7) is 2.04. The van der Waals surface area contributed by atoms with Crippen molar-refractivity contribution in [3.8, 4) is 11.4 Å². The molecule has 0 saturated carbocycles. The quantitative estimate of drug-likeness (QED) is 0.704. The fraction of sp³-hybridized carbons (Fsp3) is 0.0667. The molecule has 0 aliphatic rings. The van der Waals surface area contributed by atoms with Crippen molar-refractivity contribution in [2.45, 2.75) is 6.92 Å².